The third kappa shape index (κ3) is 3.16. The maximum Gasteiger partial charge on any atom is 0.264 e. The van der Waals surface area contributed by atoms with Crippen LogP contribution in [-0.2, 0) is 10.1 Å². The van der Waals surface area contributed by atoms with E-state index in [1.807, 2.05) is 0 Å². The van der Waals surface area contributed by atoms with Crippen molar-refractivity contribution in [2.75, 3.05) is 12.3 Å². The van der Waals surface area contributed by atoms with Crippen LogP contribution < -0.4 is 5.32 Å². The van der Waals surface area contributed by atoms with E-state index < -0.39 is 10.1 Å². The molecule has 2 aliphatic carbocycles. The van der Waals surface area contributed by atoms with Gasteiger partial charge in [-0.2, -0.15) is 8.42 Å². The fraction of sp³-hybridized carbons (Fsp3) is 1.00. The third-order valence-corrected chi connectivity index (χ3v) is 4.53. The maximum absolute atomic E-state index is 10.5. The van der Waals surface area contributed by atoms with Gasteiger partial charge in [0.25, 0.3) is 10.1 Å². The van der Waals surface area contributed by atoms with Crippen LogP contribution in [0.15, 0.2) is 0 Å². The van der Waals surface area contributed by atoms with Crippen molar-refractivity contribution in [2.24, 2.45) is 11.8 Å². The average molecular weight is 233 g/mol. The molecule has 2 unspecified atom stereocenters. The largest absolute Gasteiger partial charge is 0.314 e. The summed E-state index contributed by atoms with van der Waals surface area (Å²) in [6.45, 7) is 0.702. The van der Waals surface area contributed by atoms with Crippen molar-refractivity contribution in [3.8, 4) is 0 Å². The average Bonchev–Trinajstić information content (AvgIpc) is 2.71. The van der Waals surface area contributed by atoms with E-state index in [2.05, 4.69) is 5.32 Å². The van der Waals surface area contributed by atoms with E-state index in [-0.39, 0.29) is 5.75 Å². The highest BCUT2D eigenvalue weighted by atomic mass is 32.2. The molecule has 2 N–H and O–H groups in total. The Hall–Kier alpha value is -0.130. The van der Waals surface area contributed by atoms with Crippen molar-refractivity contribution in [3.63, 3.8) is 0 Å². The molecule has 0 heterocycles. The monoisotopic (exact) mass is 233 g/mol. The maximum atomic E-state index is 10.5. The van der Waals surface area contributed by atoms with Crippen molar-refractivity contribution < 1.29 is 13.0 Å². The van der Waals surface area contributed by atoms with Crippen molar-refractivity contribution in [1.82, 2.24) is 5.32 Å². The lowest BCUT2D eigenvalue weighted by atomic mass is 9.95. The van der Waals surface area contributed by atoms with Gasteiger partial charge in [-0.3, -0.25) is 4.55 Å². The lowest BCUT2D eigenvalue weighted by Crippen LogP contribution is -2.35. The van der Waals surface area contributed by atoms with Gasteiger partial charge in [-0.15, -0.1) is 0 Å². The molecule has 0 radical (unpaired) electrons. The smallest absolute Gasteiger partial charge is 0.264 e. The van der Waals surface area contributed by atoms with Crippen LogP contribution >= 0.6 is 0 Å². The van der Waals surface area contributed by atoms with Gasteiger partial charge in [0.1, 0.15) is 0 Å². The minimum atomic E-state index is -3.77. The van der Waals surface area contributed by atoms with Gasteiger partial charge in [-0.05, 0) is 44.1 Å². The molecule has 0 aliphatic heterocycles. The first-order valence-corrected chi connectivity index (χ1v) is 7.34. The summed E-state index contributed by atoms with van der Waals surface area (Å²) in [5.74, 6) is 1.61. The highest BCUT2D eigenvalue weighted by molar-refractivity contribution is 7.85. The Kier molecular flexibility index (Phi) is 3.33. The molecule has 0 aromatic heterocycles. The summed E-state index contributed by atoms with van der Waals surface area (Å²) in [6, 6.07) is 0.602. The molecule has 5 heteroatoms. The first kappa shape index (κ1) is 11.4. The van der Waals surface area contributed by atoms with Crippen LogP contribution in [0.2, 0.25) is 0 Å². The zero-order valence-electron chi connectivity index (χ0n) is 8.85. The minimum absolute atomic E-state index is 0.124. The van der Waals surface area contributed by atoms with Crippen molar-refractivity contribution in [3.05, 3.63) is 0 Å². The van der Waals surface area contributed by atoms with E-state index in [9.17, 15) is 8.42 Å². The van der Waals surface area contributed by atoms with E-state index in [0.717, 1.165) is 11.8 Å². The molecular weight excluding hydrogens is 214 g/mol. The molecule has 3 atom stereocenters. The number of hydrogen-bond donors (Lipinski definition) is 2. The summed E-state index contributed by atoms with van der Waals surface area (Å²) in [5, 5.41) is 3.41. The van der Waals surface area contributed by atoms with Gasteiger partial charge in [0.05, 0.1) is 5.75 Å². The Morgan fingerprint density at radius 1 is 1.27 bits per heavy atom. The van der Waals surface area contributed by atoms with E-state index >= 15 is 0 Å². The van der Waals surface area contributed by atoms with Crippen LogP contribution in [0.4, 0.5) is 0 Å². The summed E-state index contributed by atoms with van der Waals surface area (Å²) >= 11 is 0. The van der Waals surface area contributed by atoms with Crippen LogP contribution in [0.25, 0.3) is 0 Å². The van der Waals surface area contributed by atoms with Gasteiger partial charge in [0, 0.05) is 6.04 Å². The van der Waals surface area contributed by atoms with Crippen LogP contribution in [-0.4, -0.2) is 31.3 Å². The molecule has 0 saturated heterocycles. The first-order chi connectivity index (χ1) is 7.04. The lowest BCUT2D eigenvalue weighted by molar-refractivity contribution is 0.352. The van der Waals surface area contributed by atoms with Crippen LogP contribution in [0.1, 0.15) is 32.1 Å². The summed E-state index contributed by atoms with van der Waals surface area (Å²) in [6.07, 6.45) is 5.84. The predicted molar refractivity (Wildman–Crippen MR) is 58.3 cm³/mol. The topological polar surface area (TPSA) is 66.4 Å². The van der Waals surface area contributed by atoms with Gasteiger partial charge >= 0.3 is 0 Å². The number of hydrogen-bond acceptors (Lipinski definition) is 3. The number of nitrogens with one attached hydrogen (secondary N) is 1. The summed E-state index contributed by atoms with van der Waals surface area (Å²) in [7, 11) is -3.77. The molecule has 0 spiro atoms. The van der Waals surface area contributed by atoms with Gasteiger partial charge < -0.3 is 5.32 Å². The summed E-state index contributed by atoms with van der Waals surface area (Å²) < 4.78 is 29.5. The summed E-state index contributed by atoms with van der Waals surface area (Å²) in [4.78, 5) is 0. The second-order valence-corrected chi connectivity index (χ2v) is 6.45. The number of rotatable bonds is 5. The van der Waals surface area contributed by atoms with Crippen LogP contribution in [0.3, 0.4) is 0 Å². The molecule has 0 amide bonds. The lowest BCUT2D eigenvalue weighted by Gasteiger charge is -2.22. The molecule has 2 saturated carbocycles. The van der Waals surface area contributed by atoms with Gasteiger partial charge in [-0.25, -0.2) is 0 Å². The number of fused-ring (bicyclic) bond motifs is 2. The Morgan fingerprint density at radius 2 is 2.07 bits per heavy atom. The molecule has 0 aromatic rings. The molecule has 2 aliphatic rings. The zero-order chi connectivity index (χ0) is 10.9. The molecule has 15 heavy (non-hydrogen) atoms. The van der Waals surface area contributed by atoms with Crippen molar-refractivity contribution in [1.29, 1.82) is 0 Å². The Bertz CT molecular complexity index is 315. The highest BCUT2D eigenvalue weighted by Gasteiger charge is 2.38. The second kappa shape index (κ2) is 4.39. The highest BCUT2D eigenvalue weighted by Crippen LogP contribution is 2.44. The quantitative estimate of drug-likeness (QED) is 0.550. The van der Waals surface area contributed by atoms with Crippen LogP contribution in [0.5, 0.6) is 0 Å². The first-order valence-electron chi connectivity index (χ1n) is 5.73. The Balaban J connectivity index is 1.63. The minimum Gasteiger partial charge on any atom is -0.314 e. The molecule has 2 bridgehead atoms. The molecule has 88 valence electrons. The third-order valence-electron chi connectivity index (χ3n) is 3.72. The summed E-state index contributed by atoms with van der Waals surface area (Å²) in [5.41, 5.74) is 0. The van der Waals surface area contributed by atoms with Crippen molar-refractivity contribution >= 4 is 10.1 Å². The molecule has 0 aromatic carbocycles. The second-order valence-electron chi connectivity index (χ2n) is 4.88. The molecule has 2 rings (SSSR count). The van der Waals surface area contributed by atoms with Gasteiger partial charge in [0.2, 0.25) is 0 Å². The fourth-order valence-corrected chi connectivity index (χ4v) is 3.55. The van der Waals surface area contributed by atoms with Crippen molar-refractivity contribution in [2.45, 2.75) is 38.1 Å². The van der Waals surface area contributed by atoms with Gasteiger partial charge in [0.15, 0.2) is 0 Å². The van der Waals surface area contributed by atoms with E-state index in [4.69, 9.17) is 4.55 Å². The molecule has 2 fully saturated rings. The fourth-order valence-electron chi connectivity index (χ4n) is 3.04. The molecule has 4 nitrogen and oxygen atoms in total. The Morgan fingerprint density at radius 3 is 2.60 bits per heavy atom. The SMILES string of the molecule is O=S(=O)(O)CCCN[C@@H]1CC2CCC1C2. The predicted octanol–water partition coefficient (Wildman–Crippen LogP) is 1.04. The van der Waals surface area contributed by atoms with E-state index in [1.165, 1.54) is 25.7 Å². The van der Waals surface area contributed by atoms with Crippen LogP contribution in [0, 0.1) is 11.8 Å². The standard InChI is InChI=1S/C10H19NO3S/c12-15(13,14)5-1-4-11-10-7-8-2-3-9(10)6-8/h8-11H,1-7H2,(H,12,13,14)/t8?,9?,10-/m1/s1. The van der Waals surface area contributed by atoms with E-state index in [1.54, 1.807) is 0 Å². The van der Waals surface area contributed by atoms with E-state index in [0.29, 0.717) is 19.0 Å². The Labute approximate surface area is 91.2 Å². The van der Waals surface area contributed by atoms with Gasteiger partial charge in [-0.1, -0.05) is 6.42 Å². The normalized spacial score (nSPS) is 34.9. The molecular formula is C10H19NO3S. The zero-order valence-corrected chi connectivity index (χ0v) is 9.67.